The van der Waals surface area contributed by atoms with E-state index >= 15 is 0 Å². The van der Waals surface area contributed by atoms with Crippen molar-refractivity contribution in [1.82, 2.24) is 5.32 Å². The van der Waals surface area contributed by atoms with Gasteiger partial charge in [0.15, 0.2) is 0 Å². The first kappa shape index (κ1) is 16.0. The molecule has 0 aromatic heterocycles. The Labute approximate surface area is 116 Å². The summed E-state index contributed by atoms with van der Waals surface area (Å²) in [5.74, 6) is -0.683. The lowest BCUT2D eigenvalue weighted by molar-refractivity contribution is -0.137. The first-order chi connectivity index (χ1) is 8.57. The normalized spacial score (nSPS) is 12.4. The van der Waals surface area contributed by atoms with Crippen molar-refractivity contribution in [2.24, 2.45) is 0 Å². The Morgan fingerprint density at radius 1 is 1.37 bits per heavy atom. The summed E-state index contributed by atoms with van der Waals surface area (Å²) >= 11 is 3.04. The zero-order valence-corrected chi connectivity index (χ0v) is 11.9. The van der Waals surface area contributed by atoms with Crippen LogP contribution in [0.15, 0.2) is 22.7 Å². The second kappa shape index (κ2) is 5.50. The molecule has 0 atom stereocenters. The van der Waals surface area contributed by atoms with Crippen LogP contribution >= 0.6 is 15.9 Å². The molecule has 0 saturated heterocycles. The van der Waals surface area contributed by atoms with Crippen molar-refractivity contribution in [3.05, 3.63) is 33.8 Å². The maximum absolute atomic E-state index is 12.6. The van der Waals surface area contributed by atoms with E-state index in [2.05, 4.69) is 21.2 Å². The van der Waals surface area contributed by atoms with Crippen LogP contribution in [0.25, 0.3) is 0 Å². The van der Waals surface area contributed by atoms with E-state index in [1.54, 1.807) is 13.8 Å². The van der Waals surface area contributed by atoms with Crippen LogP contribution in [0.1, 0.15) is 29.8 Å². The summed E-state index contributed by atoms with van der Waals surface area (Å²) in [5, 5.41) is 11.5. The number of hydrogen-bond donors (Lipinski definition) is 2. The van der Waals surface area contributed by atoms with Crippen LogP contribution in [0, 0.1) is 0 Å². The second-order valence-corrected chi connectivity index (χ2v) is 5.54. The molecule has 2 N–H and O–H groups in total. The molecule has 0 unspecified atom stereocenters. The van der Waals surface area contributed by atoms with E-state index in [9.17, 15) is 18.0 Å². The number of aliphatic hydroxyl groups excluding tert-OH is 1. The van der Waals surface area contributed by atoms with E-state index in [1.807, 2.05) is 0 Å². The Kier molecular flexibility index (Phi) is 4.63. The summed E-state index contributed by atoms with van der Waals surface area (Å²) in [7, 11) is 0. The molecule has 0 heterocycles. The first-order valence-corrected chi connectivity index (χ1v) is 6.16. The van der Waals surface area contributed by atoms with Crippen LogP contribution in [-0.2, 0) is 6.18 Å². The molecular formula is C12H13BrF3NO2. The molecule has 7 heteroatoms. The highest BCUT2D eigenvalue weighted by molar-refractivity contribution is 9.10. The Morgan fingerprint density at radius 2 is 1.95 bits per heavy atom. The van der Waals surface area contributed by atoms with Crippen LogP contribution in [0.5, 0.6) is 0 Å². The molecule has 0 bridgehead atoms. The van der Waals surface area contributed by atoms with Gasteiger partial charge in [0.05, 0.1) is 23.3 Å². The van der Waals surface area contributed by atoms with Gasteiger partial charge in [-0.3, -0.25) is 4.79 Å². The highest BCUT2D eigenvalue weighted by Gasteiger charge is 2.32. The van der Waals surface area contributed by atoms with Crippen molar-refractivity contribution < 1.29 is 23.1 Å². The quantitative estimate of drug-likeness (QED) is 0.889. The fraction of sp³-hybridized carbons (Fsp3) is 0.417. The van der Waals surface area contributed by atoms with Gasteiger partial charge >= 0.3 is 6.18 Å². The van der Waals surface area contributed by atoms with E-state index in [-0.39, 0.29) is 16.6 Å². The Hall–Kier alpha value is -1.08. The van der Waals surface area contributed by atoms with E-state index in [0.29, 0.717) is 0 Å². The van der Waals surface area contributed by atoms with Crippen LogP contribution in [0.3, 0.4) is 0 Å². The molecule has 3 nitrogen and oxygen atoms in total. The number of halogens is 4. The fourth-order valence-corrected chi connectivity index (χ4v) is 1.72. The number of amides is 1. The highest BCUT2D eigenvalue weighted by atomic mass is 79.9. The lowest BCUT2D eigenvalue weighted by Crippen LogP contribution is -2.46. The zero-order valence-electron chi connectivity index (χ0n) is 10.3. The fourth-order valence-electron chi connectivity index (χ4n) is 1.29. The van der Waals surface area contributed by atoms with Crippen LogP contribution in [0.4, 0.5) is 13.2 Å². The highest BCUT2D eigenvalue weighted by Crippen LogP contribution is 2.32. The van der Waals surface area contributed by atoms with Crippen molar-refractivity contribution in [1.29, 1.82) is 0 Å². The monoisotopic (exact) mass is 339 g/mol. The lowest BCUT2D eigenvalue weighted by Gasteiger charge is -2.24. The van der Waals surface area contributed by atoms with Crippen molar-refractivity contribution in [2.75, 3.05) is 6.61 Å². The summed E-state index contributed by atoms with van der Waals surface area (Å²) in [4.78, 5) is 11.9. The van der Waals surface area contributed by atoms with Crippen molar-refractivity contribution in [2.45, 2.75) is 25.6 Å². The molecular weight excluding hydrogens is 327 g/mol. The number of carbonyl (C=O) groups excluding carboxylic acids is 1. The second-order valence-electron chi connectivity index (χ2n) is 4.69. The summed E-state index contributed by atoms with van der Waals surface area (Å²) in [6.07, 6.45) is -4.51. The molecule has 1 aromatic rings. The minimum atomic E-state index is -4.51. The minimum Gasteiger partial charge on any atom is -0.394 e. The summed E-state index contributed by atoms with van der Waals surface area (Å²) < 4.78 is 38.0. The Bertz CT molecular complexity index is 486. The average molecular weight is 340 g/mol. The summed E-state index contributed by atoms with van der Waals surface area (Å²) in [5.41, 5.74) is -1.94. The number of hydrogen-bond acceptors (Lipinski definition) is 2. The average Bonchev–Trinajstić information content (AvgIpc) is 2.27. The summed E-state index contributed by atoms with van der Waals surface area (Å²) in [6.45, 7) is 2.80. The van der Waals surface area contributed by atoms with Crippen molar-refractivity contribution in [3.63, 3.8) is 0 Å². The molecule has 0 spiro atoms. The van der Waals surface area contributed by atoms with E-state index in [4.69, 9.17) is 5.11 Å². The van der Waals surface area contributed by atoms with Crippen LogP contribution in [0.2, 0.25) is 0 Å². The van der Waals surface area contributed by atoms with Gasteiger partial charge in [0, 0.05) is 4.47 Å². The maximum atomic E-state index is 12.6. The topological polar surface area (TPSA) is 49.3 Å². The molecule has 0 radical (unpaired) electrons. The van der Waals surface area contributed by atoms with Crippen LogP contribution < -0.4 is 5.32 Å². The molecule has 0 aliphatic heterocycles. The molecule has 1 rings (SSSR count). The van der Waals surface area contributed by atoms with E-state index < -0.39 is 23.2 Å². The SMILES string of the molecule is CC(C)(CO)NC(=O)c1cc(C(F)(F)F)ccc1Br. The zero-order chi connectivity index (χ0) is 14.8. The predicted octanol–water partition coefficient (Wildman–Crippen LogP) is 2.97. The van der Waals surface area contributed by atoms with Gasteiger partial charge < -0.3 is 10.4 Å². The molecule has 1 aromatic carbocycles. The minimum absolute atomic E-state index is 0.128. The number of benzene rings is 1. The number of alkyl halides is 3. The summed E-state index contributed by atoms with van der Waals surface area (Å²) in [6, 6.07) is 2.83. The van der Waals surface area contributed by atoms with Gasteiger partial charge in [0.2, 0.25) is 0 Å². The van der Waals surface area contributed by atoms with Gasteiger partial charge in [0.25, 0.3) is 5.91 Å². The maximum Gasteiger partial charge on any atom is 0.416 e. The van der Waals surface area contributed by atoms with Crippen LogP contribution in [-0.4, -0.2) is 23.2 Å². The molecule has 1 amide bonds. The van der Waals surface area contributed by atoms with Gasteiger partial charge in [-0.2, -0.15) is 13.2 Å². The largest absolute Gasteiger partial charge is 0.416 e. The molecule has 106 valence electrons. The Balaban J connectivity index is 3.10. The number of rotatable bonds is 3. The van der Waals surface area contributed by atoms with E-state index in [0.717, 1.165) is 12.1 Å². The van der Waals surface area contributed by atoms with Crippen molar-refractivity contribution >= 4 is 21.8 Å². The number of nitrogens with one attached hydrogen (secondary N) is 1. The number of aliphatic hydroxyl groups is 1. The van der Waals surface area contributed by atoms with Gasteiger partial charge in [-0.25, -0.2) is 0 Å². The third-order valence-electron chi connectivity index (χ3n) is 2.39. The number of carbonyl (C=O) groups is 1. The van der Waals surface area contributed by atoms with Crippen molar-refractivity contribution in [3.8, 4) is 0 Å². The van der Waals surface area contributed by atoms with Gasteiger partial charge in [-0.15, -0.1) is 0 Å². The molecule has 0 saturated carbocycles. The Morgan fingerprint density at radius 3 is 2.42 bits per heavy atom. The first-order valence-electron chi connectivity index (χ1n) is 5.37. The molecule has 0 aliphatic rings. The molecule has 0 fully saturated rings. The standard InChI is InChI=1S/C12H13BrF3NO2/c1-11(2,6-18)17-10(19)8-5-7(12(14,15)16)3-4-9(8)13/h3-5,18H,6H2,1-2H3,(H,17,19). The van der Waals surface area contributed by atoms with Gasteiger partial charge in [-0.1, -0.05) is 0 Å². The lowest BCUT2D eigenvalue weighted by atomic mass is 10.0. The third-order valence-corrected chi connectivity index (χ3v) is 3.08. The van der Waals surface area contributed by atoms with E-state index in [1.165, 1.54) is 6.07 Å². The van der Waals surface area contributed by atoms with Gasteiger partial charge in [0.1, 0.15) is 0 Å². The smallest absolute Gasteiger partial charge is 0.394 e. The third kappa shape index (κ3) is 4.21. The molecule has 19 heavy (non-hydrogen) atoms. The molecule has 0 aliphatic carbocycles. The predicted molar refractivity (Wildman–Crippen MR) is 67.8 cm³/mol. The van der Waals surface area contributed by atoms with Gasteiger partial charge in [-0.05, 0) is 48.0 Å².